The Bertz CT molecular complexity index is 398. The molecule has 0 radical (unpaired) electrons. The smallest absolute Gasteiger partial charge is 0.158 e. The van der Waals surface area contributed by atoms with Crippen molar-refractivity contribution in [2.45, 2.75) is 32.4 Å². The van der Waals surface area contributed by atoms with Crippen LogP contribution in [-0.2, 0) is 11.3 Å². The van der Waals surface area contributed by atoms with E-state index in [9.17, 15) is 0 Å². The Morgan fingerprint density at radius 3 is 2.60 bits per heavy atom. The molecule has 0 saturated heterocycles. The summed E-state index contributed by atoms with van der Waals surface area (Å²) in [4.78, 5) is 11.3. The number of aromatic nitrogens is 2. The van der Waals surface area contributed by atoms with Gasteiger partial charge in [0.15, 0.2) is 5.82 Å². The Balaban J connectivity index is 1.90. The maximum absolute atomic E-state index is 5.11. The van der Waals surface area contributed by atoms with E-state index in [1.807, 2.05) is 6.07 Å². The van der Waals surface area contributed by atoms with Crippen molar-refractivity contribution in [3.05, 3.63) is 11.9 Å². The van der Waals surface area contributed by atoms with E-state index in [0.717, 1.165) is 37.3 Å². The molecule has 6 nitrogen and oxygen atoms in total. The van der Waals surface area contributed by atoms with Crippen LogP contribution in [0.4, 0.5) is 11.6 Å². The lowest BCUT2D eigenvalue weighted by Crippen LogP contribution is -2.27. The largest absolute Gasteiger partial charge is 0.377 e. The predicted molar refractivity (Wildman–Crippen MR) is 81.1 cm³/mol. The maximum atomic E-state index is 5.11. The third-order valence-corrected chi connectivity index (χ3v) is 3.34. The number of hydrogen-bond acceptors (Lipinski definition) is 6. The van der Waals surface area contributed by atoms with E-state index in [0.29, 0.717) is 12.4 Å². The molecular formula is C14H25N5O. The SMILES string of the molecule is CCNc1cc(NCCN(C)C2CC2)nc(COC)n1. The highest BCUT2D eigenvalue weighted by molar-refractivity contribution is 5.47. The number of hydrogen-bond donors (Lipinski definition) is 2. The zero-order valence-electron chi connectivity index (χ0n) is 12.6. The molecule has 2 rings (SSSR count). The molecule has 0 bridgehead atoms. The van der Waals surface area contributed by atoms with Crippen molar-refractivity contribution in [1.82, 2.24) is 14.9 Å². The first-order valence-corrected chi connectivity index (χ1v) is 7.27. The first-order valence-electron chi connectivity index (χ1n) is 7.27. The summed E-state index contributed by atoms with van der Waals surface area (Å²) in [5, 5.41) is 6.58. The van der Waals surface area contributed by atoms with Crippen LogP contribution in [0, 0.1) is 0 Å². The van der Waals surface area contributed by atoms with Crippen LogP contribution in [0.25, 0.3) is 0 Å². The number of ether oxygens (including phenoxy) is 1. The van der Waals surface area contributed by atoms with Gasteiger partial charge in [-0.25, -0.2) is 9.97 Å². The fourth-order valence-corrected chi connectivity index (χ4v) is 2.11. The zero-order valence-corrected chi connectivity index (χ0v) is 12.6. The molecule has 0 atom stereocenters. The van der Waals surface area contributed by atoms with Crippen LogP contribution in [0.2, 0.25) is 0 Å². The average Bonchev–Trinajstić information content (AvgIpc) is 3.23. The van der Waals surface area contributed by atoms with Crippen LogP contribution >= 0.6 is 0 Å². The lowest BCUT2D eigenvalue weighted by Gasteiger charge is -2.16. The van der Waals surface area contributed by atoms with Gasteiger partial charge in [-0.1, -0.05) is 0 Å². The molecule has 1 fully saturated rings. The van der Waals surface area contributed by atoms with Gasteiger partial charge in [-0.05, 0) is 26.8 Å². The molecule has 2 N–H and O–H groups in total. The van der Waals surface area contributed by atoms with Crippen LogP contribution in [0.3, 0.4) is 0 Å². The minimum absolute atomic E-state index is 0.426. The number of anilines is 2. The Morgan fingerprint density at radius 2 is 2.00 bits per heavy atom. The molecule has 1 aliphatic carbocycles. The van der Waals surface area contributed by atoms with Gasteiger partial charge in [0, 0.05) is 38.9 Å². The quantitative estimate of drug-likeness (QED) is 0.715. The molecule has 6 heteroatoms. The lowest BCUT2D eigenvalue weighted by atomic mass is 10.4. The third kappa shape index (κ3) is 4.61. The minimum atomic E-state index is 0.426. The summed E-state index contributed by atoms with van der Waals surface area (Å²) in [6, 6.07) is 2.74. The normalized spacial score (nSPS) is 14.6. The highest BCUT2D eigenvalue weighted by Gasteiger charge is 2.25. The zero-order chi connectivity index (χ0) is 14.4. The van der Waals surface area contributed by atoms with Crippen molar-refractivity contribution in [2.75, 3.05) is 44.4 Å². The Morgan fingerprint density at radius 1 is 1.30 bits per heavy atom. The van der Waals surface area contributed by atoms with Gasteiger partial charge in [0.05, 0.1) is 0 Å². The highest BCUT2D eigenvalue weighted by atomic mass is 16.5. The first-order chi connectivity index (χ1) is 9.72. The Labute approximate surface area is 120 Å². The summed E-state index contributed by atoms with van der Waals surface area (Å²) >= 11 is 0. The highest BCUT2D eigenvalue weighted by Crippen LogP contribution is 2.24. The van der Waals surface area contributed by atoms with Gasteiger partial charge >= 0.3 is 0 Å². The van der Waals surface area contributed by atoms with Gasteiger partial charge in [-0.2, -0.15) is 0 Å². The number of methoxy groups -OCH3 is 1. The van der Waals surface area contributed by atoms with Crippen molar-refractivity contribution in [3.63, 3.8) is 0 Å². The fraction of sp³-hybridized carbons (Fsp3) is 0.714. The summed E-state index contributed by atoms with van der Waals surface area (Å²) < 4.78 is 5.11. The van der Waals surface area contributed by atoms with Gasteiger partial charge in [0.25, 0.3) is 0 Å². The average molecular weight is 279 g/mol. The molecule has 1 aromatic heterocycles. The second-order valence-corrected chi connectivity index (χ2v) is 5.16. The van der Waals surface area contributed by atoms with Crippen molar-refractivity contribution >= 4 is 11.6 Å². The predicted octanol–water partition coefficient (Wildman–Crippen LogP) is 1.56. The van der Waals surface area contributed by atoms with Gasteiger partial charge in [-0.15, -0.1) is 0 Å². The van der Waals surface area contributed by atoms with Gasteiger partial charge < -0.3 is 20.3 Å². The standard InChI is InChI=1S/C14H25N5O/c1-4-15-12-9-13(18-14(17-12)10-20-3)16-7-8-19(2)11-5-6-11/h9,11H,4-8,10H2,1-3H3,(H2,15,16,17,18). The summed E-state index contributed by atoms with van der Waals surface area (Å²) in [5.41, 5.74) is 0. The molecular weight excluding hydrogens is 254 g/mol. The molecule has 1 heterocycles. The molecule has 1 aliphatic rings. The van der Waals surface area contributed by atoms with E-state index in [1.165, 1.54) is 12.8 Å². The van der Waals surface area contributed by atoms with Gasteiger partial charge in [0.2, 0.25) is 0 Å². The van der Waals surface area contributed by atoms with E-state index >= 15 is 0 Å². The fourth-order valence-electron chi connectivity index (χ4n) is 2.11. The second kappa shape index (κ2) is 7.40. The topological polar surface area (TPSA) is 62.3 Å². The summed E-state index contributed by atoms with van der Waals surface area (Å²) in [6.45, 7) is 5.24. The molecule has 20 heavy (non-hydrogen) atoms. The van der Waals surface area contributed by atoms with E-state index < -0.39 is 0 Å². The maximum Gasteiger partial charge on any atom is 0.158 e. The Hall–Kier alpha value is -1.40. The van der Waals surface area contributed by atoms with Crippen molar-refractivity contribution in [3.8, 4) is 0 Å². The monoisotopic (exact) mass is 279 g/mol. The number of nitrogens with one attached hydrogen (secondary N) is 2. The van der Waals surface area contributed by atoms with Crippen molar-refractivity contribution < 1.29 is 4.74 Å². The van der Waals surface area contributed by atoms with Crippen LogP contribution < -0.4 is 10.6 Å². The molecule has 0 aromatic carbocycles. The first kappa shape index (κ1) is 15.0. The second-order valence-electron chi connectivity index (χ2n) is 5.16. The van der Waals surface area contributed by atoms with E-state index in [-0.39, 0.29) is 0 Å². The van der Waals surface area contributed by atoms with Gasteiger partial charge in [0.1, 0.15) is 18.2 Å². The van der Waals surface area contributed by atoms with E-state index in [1.54, 1.807) is 7.11 Å². The van der Waals surface area contributed by atoms with Crippen LogP contribution in [0.5, 0.6) is 0 Å². The molecule has 112 valence electrons. The summed E-state index contributed by atoms with van der Waals surface area (Å²) in [5.74, 6) is 2.39. The van der Waals surface area contributed by atoms with E-state index in [2.05, 4.69) is 39.5 Å². The van der Waals surface area contributed by atoms with Crippen LogP contribution in [0.1, 0.15) is 25.6 Å². The van der Waals surface area contributed by atoms with Crippen molar-refractivity contribution in [1.29, 1.82) is 0 Å². The van der Waals surface area contributed by atoms with Crippen molar-refractivity contribution in [2.24, 2.45) is 0 Å². The minimum Gasteiger partial charge on any atom is -0.377 e. The molecule has 1 saturated carbocycles. The number of nitrogens with zero attached hydrogens (tertiary/aromatic N) is 3. The van der Waals surface area contributed by atoms with Gasteiger partial charge in [-0.3, -0.25) is 0 Å². The summed E-state index contributed by atoms with van der Waals surface area (Å²) in [6.07, 6.45) is 2.68. The molecule has 0 amide bonds. The Kier molecular flexibility index (Phi) is 5.55. The molecule has 0 unspecified atom stereocenters. The summed E-state index contributed by atoms with van der Waals surface area (Å²) in [7, 11) is 3.83. The molecule has 1 aromatic rings. The number of rotatable bonds is 9. The van der Waals surface area contributed by atoms with E-state index in [4.69, 9.17) is 4.74 Å². The third-order valence-electron chi connectivity index (χ3n) is 3.34. The van der Waals surface area contributed by atoms with Crippen LogP contribution in [0.15, 0.2) is 6.07 Å². The lowest BCUT2D eigenvalue weighted by molar-refractivity contribution is 0.178. The number of likely N-dealkylation sites (N-methyl/N-ethyl adjacent to an activating group) is 1. The molecule has 0 aliphatic heterocycles. The molecule has 0 spiro atoms. The van der Waals surface area contributed by atoms with Crippen LogP contribution in [-0.4, -0.2) is 54.7 Å².